The molecule has 1 unspecified atom stereocenters. The van der Waals surface area contributed by atoms with Crippen molar-refractivity contribution >= 4 is 21.7 Å². The van der Waals surface area contributed by atoms with Crippen LogP contribution in [0.3, 0.4) is 0 Å². The number of sulfone groups is 1. The number of pyridine rings is 1. The molecule has 0 bridgehead atoms. The van der Waals surface area contributed by atoms with Crippen molar-refractivity contribution < 1.29 is 28.0 Å². The second kappa shape index (κ2) is 11.4. The van der Waals surface area contributed by atoms with Gasteiger partial charge in [-0.3, -0.25) is 19.8 Å². The Kier molecular flexibility index (Phi) is 8.34. The van der Waals surface area contributed by atoms with Gasteiger partial charge in [-0.1, -0.05) is 18.2 Å². The van der Waals surface area contributed by atoms with Crippen LogP contribution in [0.1, 0.15) is 5.56 Å². The van der Waals surface area contributed by atoms with Crippen LogP contribution < -0.4 is 10.2 Å². The molecule has 9 nitrogen and oxygen atoms in total. The van der Waals surface area contributed by atoms with Crippen LogP contribution >= 0.6 is 0 Å². The van der Waals surface area contributed by atoms with E-state index < -0.39 is 27.4 Å². The summed E-state index contributed by atoms with van der Waals surface area (Å²) < 4.78 is 31.6. The van der Waals surface area contributed by atoms with Crippen LogP contribution in [-0.2, 0) is 25.8 Å². The molecule has 2 aromatic carbocycles. The van der Waals surface area contributed by atoms with Crippen LogP contribution in [0.15, 0.2) is 84.0 Å². The Morgan fingerprint density at radius 2 is 1.62 bits per heavy atom. The quantitative estimate of drug-likeness (QED) is 0.335. The molecule has 0 saturated carbocycles. The van der Waals surface area contributed by atoms with Crippen molar-refractivity contribution in [2.75, 3.05) is 19.3 Å². The number of hydrogen-bond donors (Lipinski definition) is 2. The number of ether oxygens (including phenoxy) is 1. The summed E-state index contributed by atoms with van der Waals surface area (Å²) in [6.45, 7) is -0.190. The number of carbonyl (C=O) groups is 2. The summed E-state index contributed by atoms with van der Waals surface area (Å²) in [5, 5.41) is 9.11. The van der Waals surface area contributed by atoms with Crippen molar-refractivity contribution in [1.82, 2.24) is 15.4 Å². The first-order valence-electron chi connectivity index (χ1n) is 10.4. The molecule has 0 aliphatic heterocycles. The average Bonchev–Trinajstić information content (AvgIpc) is 2.84. The van der Waals surface area contributed by atoms with Gasteiger partial charge in [0.2, 0.25) is 11.8 Å². The maximum atomic E-state index is 13.0. The van der Waals surface area contributed by atoms with Gasteiger partial charge in [0.1, 0.15) is 11.5 Å². The fourth-order valence-electron chi connectivity index (χ4n) is 3.25. The Labute approximate surface area is 197 Å². The smallest absolute Gasteiger partial charge is 0.249 e. The minimum Gasteiger partial charge on any atom is -0.457 e. The third-order valence-corrected chi connectivity index (χ3v) is 6.92. The highest BCUT2D eigenvalue weighted by Gasteiger charge is 2.29. The zero-order valence-corrected chi connectivity index (χ0v) is 19.3. The first-order valence-corrected chi connectivity index (χ1v) is 12.1. The summed E-state index contributed by atoms with van der Waals surface area (Å²) in [5.74, 6) is -1.90. The van der Waals surface area contributed by atoms with Crippen LogP contribution in [0.2, 0.25) is 0 Å². The van der Waals surface area contributed by atoms with Crippen molar-refractivity contribution in [3.05, 3.63) is 84.7 Å². The van der Waals surface area contributed by atoms with Gasteiger partial charge in [-0.15, -0.1) is 0 Å². The molecule has 0 radical (unpaired) electrons. The van der Waals surface area contributed by atoms with E-state index in [1.165, 1.54) is 41.7 Å². The van der Waals surface area contributed by atoms with E-state index >= 15 is 0 Å². The molecule has 3 aromatic rings. The highest BCUT2D eigenvalue weighted by Crippen LogP contribution is 2.24. The van der Waals surface area contributed by atoms with Crippen LogP contribution in [0.25, 0.3) is 0 Å². The Bertz CT molecular complexity index is 1200. The number of carbonyl (C=O) groups excluding carboxylic acids is 2. The van der Waals surface area contributed by atoms with Crippen molar-refractivity contribution in [3.8, 4) is 11.5 Å². The van der Waals surface area contributed by atoms with Crippen molar-refractivity contribution in [3.63, 3.8) is 0 Å². The normalized spacial score (nSPS) is 11.9. The van der Waals surface area contributed by atoms with Crippen molar-refractivity contribution in [2.24, 2.45) is 5.92 Å². The molecule has 0 aliphatic rings. The van der Waals surface area contributed by atoms with Gasteiger partial charge in [0.25, 0.3) is 0 Å². The van der Waals surface area contributed by atoms with E-state index in [0.717, 1.165) is 5.56 Å². The zero-order chi connectivity index (χ0) is 24.6. The Balaban J connectivity index is 1.68. The number of amides is 2. The number of hydroxylamine groups is 1. The number of hydrogen-bond acceptors (Lipinski definition) is 7. The third-order valence-electron chi connectivity index (χ3n) is 5.09. The monoisotopic (exact) mass is 483 g/mol. The lowest BCUT2D eigenvalue weighted by Crippen LogP contribution is -2.42. The first-order chi connectivity index (χ1) is 16.3. The summed E-state index contributed by atoms with van der Waals surface area (Å²) in [6, 6.07) is 18.2. The van der Waals surface area contributed by atoms with Crippen LogP contribution in [-0.4, -0.2) is 54.7 Å². The van der Waals surface area contributed by atoms with Gasteiger partial charge in [-0.25, -0.2) is 13.9 Å². The highest BCUT2D eigenvalue weighted by molar-refractivity contribution is 7.91. The lowest BCUT2D eigenvalue weighted by atomic mass is 10.1. The largest absolute Gasteiger partial charge is 0.457 e. The molecule has 2 amide bonds. The second-order valence-electron chi connectivity index (χ2n) is 7.65. The van der Waals surface area contributed by atoms with E-state index in [-0.39, 0.29) is 23.8 Å². The molecule has 1 atom stereocenters. The van der Waals surface area contributed by atoms with Gasteiger partial charge < -0.3 is 9.64 Å². The number of para-hydroxylation sites is 1. The van der Waals surface area contributed by atoms with E-state index in [4.69, 9.17) is 9.94 Å². The van der Waals surface area contributed by atoms with Gasteiger partial charge in [-0.2, -0.15) is 0 Å². The molecular weight excluding hydrogens is 458 g/mol. The standard InChI is InChI=1S/C24H25N3O6S/c1-27(23(28)15-18-11-13-25-14-12-18)16-19(24(29)26-30)17-34(31,32)22-9-7-21(8-10-22)33-20-5-3-2-4-6-20/h2-14,19,30H,15-17H2,1H3,(H,26,29). The number of rotatable bonds is 10. The fraction of sp³-hybridized carbons (Fsp3) is 0.208. The second-order valence-corrected chi connectivity index (χ2v) is 9.68. The molecule has 178 valence electrons. The summed E-state index contributed by atoms with van der Waals surface area (Å²) in [6.07, 6.45) is 3.20. The maximum Gasteiger partial charge on any atom is 0.249 e. The number of benzene rings is 2. The summed E-state index contributed by atoms with van der Waals surface area (Å²) in [4.78, 5) is 29.9. The van der Waals surface area contributed by atoms with Gasteiger partial charge in [0.15, 0.2) is 9.84 Å². The topological polar surface area (TPSA) is 126 Å². The molecular formula is C24H25N3O6S. The van der Waals surface area contributed by atoms with Crippen LogP contribution in [0.4, 0.5) is 0 Å². The Hall–Kier alpha value is -3.76. The first kappa shape index (κ1) is 24.9. The molecule has 3 rings (SSSR count). The highest BCUT2D eigenvalue weighted by atomic mass is 32.2. The zero-order valence-electron chi connectivity index (χ0n) is 18.5. The fourth-order valence-corrected chi connectivity index (χ4v) is 4.78. The number of aromatic nitrogens is 1. The van der Waals surface area contributed by atoms with Gasteiger partial charge in [-0.05, 0) is 54.1 Å². The molecule has 0 spiro atoms. The van der Waals surface area contributed by atoms with E-state index in [9.17, 15) is 18.0 Å². The number of nitrogens with zero attached hydrogens (tertiary/aromatic N) is 2. The lowest BCUT2D eigenvalue weighted by molar-refractivity contribution is -0.135. The summed E-state index contributed by atoms with van der Waals surface area (Å²) >= 11 is 0. The van der Waals surface area contributed by atoms with Crippen LogP contribution in [0, 0.1) is 5.92 Å². The predicted octanol–water partition coefficient (Wildman–Crippen LogP) is 2.47. The molecule has 0 aliphatic carbocycles. The van der Waals surface area contributed by atoms with E-state index in [0.29, 0.717) is 11.5 Å². The minimum atomic E-state index is -3.91. The van der Waals surface area contributed by atoms with E-state index in [1.807, 2.05) is 18.2 Å². The molecule has 0 saturated heterocycles. The molecule has 2 N–H and O–H groups in total. The van der Waals surface area contributed by atoms with Crippen molar-refractivity contribution in [1.29, 1.82) is 0 Å². The molecule has 10 heteroatoms. The lowest BCUT2D eigenvalue weighted by Gasteiger charge is -2.23. The molecule has 0 fully saturated rings. The predicted molar refractivity (Wildman–Crippen MR) is 124 cm³/mol. The number of likely N-dealkylation sites (N-methyl/N-ethyl adjacent to an activating group) is 1. The Morgan fingerprint density at radius 3 is 2.24 bits per heavy atom. The maximum absolute atomic E-state index is 13.0. The van der Waals surface area contributed by atoms with Gasteiger partial charge in [0.05, 0.1) is 23.0 Å². The summed E-state index contributed by atoms with van der Waals surface area (Å²) in [5.41, 5.74) is 2.24. The number of nitrogens with one attached hydrogen (secondary N) is 1. The SMILES string of the molecule is CN(CC(CS(=O)(=O)c1ccc(Oc2ccccc2)cc1)C(=O)NO)C(=O)Cc1ccncc1. The van der Waals surface area contributed by atoms with E-state index in [1.54, 1.807) is 36.7 Å². The van der Waals surface area contributed by atoms with Crippen LogP contribution in [0.5, 0.6) is 11.5 Å². The third kappa shape index (κ3) is 6.87. The Morgan fingerprint density at radius 1 is 1.00 bits per heavy atom. The molecule has 1 aromatic heterocycles. The van der Waals surface area contributed by atoms with Gasteiger partial charge >= 0.3 is 0 Å². The molecule has 34 heavy (non-hydrogen) atoms. The van der Waals surface area contributed by atoms with Gasteiger partial charge in [0, 0.05) is 26.0 Å². The average molecular weight is 484 g/mol. The minimum absolute atomic E-state index is 0.00517. The van der Waals surface area contributed by atoms with E-state index in [2.05, 4.69) is 4.98 Å². The molecule has 1 heterocycles. The summed E-state index contributed by atoms with van der Waals surface area (Å²) in [7, 11) is -2.43. The van der Waals surface area contributed by atoms with Crippen molar-refractivity contribution in [2.45, 2.75) is 11.3 Å².